The molecule has 20 heavy (non-hydrogen) atoms. The van der Waals surface area contributed by atoms with Crippen molar-refractivity contribution in [3.8, 4) is 0 Å². The van der Waals surface area contributed by atoms with E-state index in [1.54, 1.807) is 4.90 Å². The molecule has 0 bridgehead atoms. The maximum Gasteiger partial charge on any atom is 0.158 e. The van der Waals surface area contributed by atoms with Crippen LogP contribution in [0.1, 0.15) is 11.1 Å². The minimum absolute atomic E-state index is 0.995. The zero-order chi connectivity index (χ0) is 13.4. The zero-order valence-corrected chi connectivity index (χ0v) is 11.4. The first kappa shape index (κ1) is 11.7. The summed E-state index contributed by atoms with van der Waals surface area (Å²) in [6.45, 7) is 3.31. The Kier molecular flexibility index (Phi) is 2.78. The minimum atomic E-state index is 0.995. The highest BCUT2D eigenvalue weighted by molar-refractivity contribution is 5.74. The largest absolute Gasteiger partial charge is 0.313 e. The van der Waals surface area contributed by atoms with Crippen molar-refractivity contribution in [3.05, 3.63) is 66.0 Å². The fraction of sp³-hybridized carbons (Fsp3) is 0.235. The Hall–Kier alpha value is -2.13. The smallest absolute Gasteiger partial charge is 0.158 e. The van der Waals surface area contributed by atoms with Gasteiger partial charge in [0.2, 0.25) is 0 Å². The number of quaternary nitrogens is 1. The summed E-state index contributed by atoms with van der Waals surface area (Å²) in [5, 5.41) is 0. The lowest BCUT2D eigenvalue weighted by molar-refractivity contribution is -0.938. The molecular formula is C17H18N3+. The van der Waals surface area contributed by atoms with Gasteiger partial charge in [0.05, 0.1) is 17.6 Å². The van der Waals surface area contributed by atoms with Gasteiger partial charge >= 0.3 is 0 Å². The van der Waals surface area contributed by atoms with Crippen LogP contribution in [0, 0.1) is 0 Å². The molecule has 1 aromatic heterocycles. The molecule has 0 spiro atoms. The van der Waals surface area contributed by atoms with E-state index in [-0.39, 0.29) is 0 Å². The van der Waals surface area contributed by atoms with Crippen molar-refractivity contribution in [2.24, 2.45) is 0 Å². The van der Waals surface area contributed by atoms with Crippen molar-refractivity contribution in [2.75, 3.05) is 6.54 Å². The molecule has 100 valence electrons. The van der Waals surface area contributed by atoms with Crippen LogP contribution in [-0.4, -0.2) is 16.1 Å². The van der Waals surface area contributed by atoms with Crippen LogP contribution in [0.15, 0.2) is 54.9 Å². The summed E-state index contributed by atoms with van der Waals surface area (Å²) in [6.07, 6.45) is 3.15. The molecule has 2 aromatic carbocycles. The van der Waals surface area contributed by atoms with Crippen molar-refractivity contribution < 1.29 is 4.90 Å². The van der Waals surface area contributed by atoms with Crippen molar-refractivity contribution in [2.45, 2.75) is 19.6 Å². The molecule has 2 heterocycles. The molecule has 0 saturated heterocycles. The van der Waals surface area contributed by atoms with E-state index in [9.17, 15) is 0 Å². The van der Waals surface area contributed by atoms with Crippen LogP contribution in [0.3, 0.4) is 0 Å². The van der Waals surface area contributed by atoms with E-state index in [1.165, 1.54) is 29.6 Å². The van der Waals surface area contributed by atoms with E-state index in [1.807, 2.05) is 12.4 Å². The summed E-state index contributed by atoms with van der Waals surface area (Å²) in [5.41, 5.74) is 5.34. The SMILES string of the molecule is c1ccc2c(c1)CC[NH+](Cn1cnc3ccccc31)C2. The van der Waals surface area contributed by atoms with Gasteiger partial charge in [0.1, 0.15) is 12.9 Å². The molecular weight excluding hydrogens is 246 g/mol. The predicted octanol–water partition coefficient (Wildman–Crippen LogP) is 1.63. The van der Waals surface area contributed by atoms with Gasteiger partial charge in [-0.3, -0.25) is 4.57 Å². The first-order valence-corrected chi connectivity index (χ1v) is 7.20. The monoisotopic (exact) mass is 264 g/mol. The average Bonchev–Trinajstić information content (AvgIpc) is 2.91. The third-order valence-corrected chi connectivity index (χ3v) is 4.23. The molecule has 4 rings (SSSR count). The lowest BCUT2D eigenvalue weighted by atomic mass is 10.0. The quantitative estimate of drug-likeness (QED) is 0.747. The molecule has 0 aliphatic carbocycles. The number of benzene rings is 2. The van der Waals surface area contributed by atoms with Crippen molar-refractivity contribution in [1.29, 1.82) is 0 Å². The number of hydrogen-bond donors (Lipinski definition) is 1. The van der Waals surface area contributed by atoms with Gasteiger partial charge in [-0.25, -0.2) is 4.98 Å². The van der Waals surface area contributed by atoms with Crippen LogP contribution < -0.4 is 4.90 Å². The molecule has 3 heteroatoms. The van der Waals surface area contributed by atoms with Gasteiger partial charge in [0, 0.05) is 12.0 Å². The van der Waals surface area contributed by atoms with E-state index < -0.39 is 0 Å². The van der Waals surface area contributed by atoms with Gasteiger partial charge < -0.3 is 4.90 Å². The van der Waals surface area contributed by atoms with E-state index in [0.717, 1.165) is 18.7 Å². The lowest BCUT2D eigenvalue weighted by Gasteiger charge is -2.26. The Morgan fingerprint density at radius 1 is 1.00 bits per heavy atom. The number of aromatic nitrogens is 2. The molecule has 0 fully saturated rings. The highest BCUT2D eigenvalue weighted by Gasteiger charge is 2.19. The highest BCUT2D eigenvalue weighted by atomic mass is 15.3. The maximum absolute atomic E-state index is 4.48. The van der Waals surface area contributed by atoms with E-state index in [4.69, 9.17) is 0 Å². The Bertz CT molecular complexity index is 745. The predicted molar refractivity (Wildman–Crippen MR) is 79.4 cm³/mol. The number of nitrogens with one attached hydrogen (secondary N) is 1. The summed E-state index contributed by atoms with van der Waals surface area (Å²) in [5.74, 6) is 0. The van der Waals surface area contributed by atoms with Crippen LogP contribution in [0.25, 0.3) is 11.0 Å². The topological polar surface area (TPSA) is 22.3 Å². The Balaban J connectivity index is 1.59. The molecule has 3 aromatic rings. The van der Waals surface area contributed by atoms with E-state index in [2.05, 4.69) is 52.0 Å². The zero-order valence-electron chi connectivity index (χ0n) is 11.4. The third kappa shape index (κ3) is 2.00. The van der Waals surface area contributed by atoms with Crippen molar-refractivity contribution in [1.82, 2.24) is 9.55 Å². The van der Waals surface area contributed by atoms with Crippen LogP contribution in [0.4, 0.5) is 0 Å². The minimum Gasteiger partial charge on any atom is -0.313 e. The first-order chi connectivity index (χ1) is 9.90. The van der Waals surface area contributed by atoms with Crippen molar-refractivity contribution in [3.63, 3.8) is 0 Å². The molecule has 1 unspecified atom stereocenters. The summed E-state index contributed by atoms with van der Waals surface area (Å²) in [6, 6.07) is 17.2. The molecule has 3 nitrogen and oxygen atoms in total. The summed E-state index contributed by atoms with van der Waals surface area (Å²) < 4.78 is 2.28. The normalized spacial score (nSPS) is 18.1. The van der Waals surface area contributed by atoms with E-state index >= 15 is 0 Å². The van der Waals surface area contributed by atoms with Crippen LogP contribution in [0.2, 0.25) is 0 Å². The highest BCUT2D eigenvalue weighted by Crippen LogP contribution is 2.12. The van der Waals surface area contributed by atoms with Gasteiger partial charge in [-0.1, -0.05) is 36.4 Å². The standard InChI is InChI=1S/C17H17N3/c1-2-6-15-11-19(10-9-14(15)5-1)13-20-12-18-16-7-3-4-8-17(16)20/h1-8,12H,9-11,13H2/p+1. The number of para-hydroxylation sites is 2. The van der Waals surface area contributed by atoms with Crippen LogP contribution in [0.5, 0.6) is 0 Å². The first-order valence-electron chi connectivity index (χ1n) is 7.20. The number of imidazole rings is 1. The van der Waals surface area contributed by atoms with Gasteiger partial charge in [0.15, 0.2) is 6.67 Å². The molecule has 1 aliphatic rings. The molecule has 1 atom stereocenters. The molecule has 1 aliphatic heterocycles. The molecule has 1 N–H and O–H groups in total. The number of hydrogen-bond acceptors (Lipinski definition) is 1. The number of fused-ring (bicyclic) bond motifs is 2. The van der Waals surface area contributed by atoms with Crippen LogP contribution in [-0.2, 0) is 19.6 Å². The second-order valence-corrected chi connectivity index (χ2v) is 5.56. The molecule has 0 radical (unpaired) electrons. The summed E-state index contributed by atoms with van der Waals surface area (Å²) in [7, 11) is 0. The van der Waals surface area contributed by atoms with Gasteiger partial charge in [0.25, 0.3) is 0 Å². The van der Waals surface area contributed by atoms with Gasteiger partial charge in [-0.05, 0) is 17.7 Å². The molecule has 0 saturated carbocycles. The van der Waals surface area contributed by atoms with Gasteiger partial charge in [-0.15, -0.1) is 0 Å². The van der Waals surface area contributed by atoms with Gasteiger partial charge in [-0.2, -0.15) is 0 Å². The number of rotatable bonds is 2. The number of nitrogens with zero attached hydrogens (tertiary/aromatic N) is 2. The summed E-state index contributed by atoms with van der Waals surface area (Å²) >= 11 is 0. The second-order valence-electron chi connectivity index (χ2n) is 5.56. The second kappa shape index (κ2) is 4.76. The fourth-order valence-electron chi connectivity index (χ4n) is 3.16. The fourth-order valence-corrected chi connectivity index (χ4v) is 3.16. The molecule has 0 amide bonds. The Labute approximate surface area is 118 Å². The Morgan fingerprint density at radius 3 is 2.75 bits per heavy atom. The van der Waals surface area contributed by atoms with E-state index in [0.29, 0.717) is 0 Å². The maximum atomic E-state index is 4.48. The lowest BCUT2D eigenvalue weighted by Crippen LogP contribution is -3.11. The van der Waals surface area contributed by atoms with Crippen molar-refractivity contribution >= 4 is 11.0 Å². The Morgan fingerprint density at radius 2 is 1.80 bits per heavy atom. The third-order valence-electron chi connectivity index (χ3n) is 4.23. The average molecular weight is 264 g/mol. The van der Waals surface area contributed by atoms with Crippen LogP contribution >= 0.6 is 0 Å². The summed E-state index contributed by atoms with van der Waals surface area (Å²) in [4.78, 5) is 6.08.